The van der Waals surface area contributed by atoms with E-state index in [4.69, 9.17) is 10.6 Å². The number of rotatable bonds is 2. The molecule has 0 radical (unpaired) electrons. The summed E-state index contributed by atoms with van der Waals surface area (Å²) in [6, 6.07) is 0. The third-order valence-corrected chi connectivity index (χ3v) is 2.45. The van der Waals surface area contributed by atoms with Crippen molar-refractivity contribution in [1.29, 1.82) is 0 Å². The molecule has 0 saturated carbocycles. The Morgan fingerprint density at radius 1 is 1.62 bits per heavy atom. The highest BCUT2D eigenvalue weighted by molar-refractivity contribution is 6.02. The number of halogens is 1. The molecule has 0 heterocycles. The molecule has 0 saturated heterocycles. The SMILES string of the molecule is CC(=O)C1(O)CC(=[N+]=[N-])C=CC1C(=O)O.Cl. The van der Waals surface area contributed by atoms with Crippen LogP contribution in [0.15, 0.2) is 12.2 Å². The summed E-state index contributed by atoms with van der Waals surface area (Å²) in [6.07, 6.45) is 2.12. The Hall–Kier alpha value is -1.49. The van der Waals surface area contributed by atoms with E-state index in [1.54, 1.807) is 0 Å². The molecule has 0 aliphatic heterocycles. The molecule has 0 fully saturated rings. The van der Waals surface area contributed by atoms with Gasteiger partial charge < -0.3 is 15.7 Å². The Bertz CT molecular complexity index is 400. The fourth-order valence-corrected chi connectivity index (χ4v) is 1.51. The highest BCUT2D eigenvalue weighted by Gasteiger charge is 2.49. The number of aliphatic hydroxyl groups is 1. The van der Waals surface area contributed by atoms with Gasteiger partial charge >= 0.3 is 5.97 Å². The maximum atomic E-state index is 11.2. The predicted molar refractivity (Wildman–Crippen MR) is 56.4 cm³/mol. The first-order chi connectivity index (χ1) is 6.91. The summed E-state index contributed by atoms with van der Waals surface area (Å²) in [4.78, 5) is 24.9. The molecule has 0 bridgehead atoms. The molecule has 16 heavy (non-hydrogen) atoms. The van der Waals surface area contributed by atoms with Gasteiger partial charge in [-0.1, -0.05) is 6.08 Å². The Labute approximate surface area is 97.6 Å². The number of nitrogens with zero attached hydrogens (tertiary/aromatic N) is 2. The van der Waals surface area contributed by atoms with E-state index < -0.39 is 23.3 Å². The topological polar surface area (TPSA) is 111 Å². The number of carboxylic acids is 1. The van der Waals surface area contributed by atoms with Gasteiger partial charge in [0.05, 0.1) is 6.42 Å². The summed E-state index contributed by atoms with van der Waals surface area (Å²) >= 11 is 0. The number of carbonyl (C=O) groups excluding carboxylic acids is 1. The van der Waals surface area contributed by atoms with E-state index in [9.17, 15) is 14.7 Å². The van der Waals surface area contributed by atoms with Crippen molar-refractivity contribution >= 4 is 29.9 Å². The van der Waals surface area contributed by atoms with E-state index in [1.165, 1.54) is 6.08 Å². The molecule has 7 heteroatoms. The highest BCUT2D eigenvalue weighted by Crippen LogP contribution is 2.28. The van der Waals surface area contributed by atoms with Crippen LogP contribution in [0.1, 0.15) is 13.3 Å². The summed E-state index contributed by atoms with van der Waals surface area (Å²) in [6.45, 7) is 1.10. The smallest absolute Gasteiger partial charge is 0.313 e. The molecular formula is C9H11ClN2O4. The number of ketones is 1. The van der Waals surface area contributed by atoms with Gasteiger partial charge in [-0.2, -0.15) is 4.79 Å². The minimum absolute atomic E-state index is 0. The van der Waals surface area contributed by atoms with Gasteiger partial charge in [-0.05, 0) is 6.92 Å². The van der Waals surface area contributed by atoms with Crippen LogP contribution in [0.3, 0.4) is 0 Å². The lowest BCUT2D eigenvalue weighted by Gasteiger charge is -2.29. The second-order valence-electron chi connectivity index (χ2n) is 3.42. The minimum atomic E-state index is -2.03. The van der Waals surface area contributed by atoms with E-state index >= 15 is 0 Å². The van der Waals surface area contributed by atoms with Crippen LogP contribution in [0.4, 0.5) is 0 Å². The van der Waals surface area contributed by atoms with Crippen molar-refractivity contribution in [2.45, 2.75) is 18.9 Å². The van der Waals surface area contributed by atoms with Crippen molar-refractivity contribution in [3.05, 3.63) is 17.7 Å². The van der Waals surface area contributed by atoms with Crippen molar-refractivity contribution in [3.63, 3.8) is 0 Å². The molecule has 2 N–H and O–H groups in total. The lowest BCUT2D eigenvalue weighted by atomic mass is 9.76. The van der Waals surface area contributed by atoms with Crippen LogP contribution in [0.2, 0.25) is 0 Å². The van der Waals surface area contributed by atoms with Crippen molar-refractivity contribution < 1.29 is 24.6 Å². The van der Waals surface area contributed by atoms with Gasteiger partial charge in [0.1, 0.15) is 5.92 Å². The zero-order chi connectivity index (χ0) is 11.6. The number of carboxylic acid groups (broad SMARTS) is 1. The fourth-order valence-electron chi connectivity index (χ4n) is 1.51. The van der Waals surface area contributed by atoms with Gasteiger partial charge in [0.2, 0.25) is 0 Å². The Morgan fingerprint density at radius 2 is 2.19 bits per heavy atom. The molecule has 6 nitrogen and oxygen atoms in total. The molecule has 0 amide bonds. The molecular weight excluding hydrogens is 236 g/mol. The standard InChI is InChI=1S/C9H10N2O4.ClH/c1-5(12)9(15)4-6(11-10)2-3-7(9)8(13)14;/h2-3,7,15H,4H2,1H3,(H,13,14);1H. The predicted octanol–water partition coefficient (Wildman–Crippen LogP) is 0.0598. The number of hydrogen-bond acceptors (Lipinski definition) is 3. The first kappa shape index (κ1) is 14.5. The van der Waals surface area contributed by atoms with E-state index in [0.29, 0.717) is 0 Å². The Morgan fingerprint density at radius 3 is 2.56 bits per heavy atom. The van der Waals surface area contributed by atoms with Crippen LogP contribution < -0.4 is 0 Å². The van der Waals surface area contributed by atoms with Gasteiger partial charge in [0.25, 0.3) is 5.71 Å². The number of Topliss-reactive ketones (excluding diaryl/α,β-unsaturated/α-hetero) is 1. The molecule has 0 aromatic rings. The molecule has 0 aromatic heterocycles. The van der Waals surface area contributed by atoms with Crippen molar-refractivity contribution in [3.8, 4) is 0 Å². The van der Waals surface area contributed by atoms with Crippen molar-refractivity contribution in [2.24, 2.45) is 5.92 Å². The molecule has 1 aliphatic rings. The maximum Gasteiger partial charge on any atom is 0.313 e. The van der Waals surface area contributed by atoms with Crippen LogP contribution in [0.25, 0.3) is 5.53 Å². The summed E-state index contributed by atoms with van der Waals surface area (Å²) < 4.78 is 0. The van der Waals surface area contributed by atoms with Gasteiger partial charge in [0.15, 0.2) is 11.4 Å². The van der Waals surface area contributed by atoms with Gasteiger partial charge in [0, 0.05) is 6.08 Å². The van der Waals surface area contributed by atoms with E-state index in [2.05, 4.69) is 4.79 Å². The van der Waals surface area contributed by atoms with Crippen molar-refractivity contribution in [1.82, 2.24) is 0 Å². The normalized spacial score (nSPS) is 27.9. The molecule has 2 unspecified atom stereocenters. The third kappa shape index (κ3) is 2.36. The summed E-state index contributed by atoms with van der Waals surface area (Å²) in [5.41, 5.74) is 6.55. The summed E-state index contributed by atoms with van der Waals surface area (Å²) in [5, 5.41) is 18.7. The van der Waals surface area contributed by atoms with Crippen molar-refractivity contribution in [2.75, 3.05) is 0 Å². The third-order valence-electron chi connectivity index (χ3n) is 2.45. The van der Waals surface area contributed by atoms with Gasteiger partial charge in [-0.25, -0.2) is 0 Å². The average Bonchev–Trinajstić information content (AvgIpc) is 2.16. The Kier molecular flexibility index (Phi) is 4.56. The van der Waals surface area contributed by atoms with Crippen LogP contribution in [-0.4, -0.2) is 38.1 Å². The lowest BCUT2D eigenvalue weighted by molar-refractivity contribution is -0.157. The number of allylic oxidation sites excluding steroid dienone is 1. The minimum Gasteiger partial charge on any atom is -0.481 e. The van der Waals surface area contributed by atoms with Gasteiger partial charge in [-0.3, -0.25) is 9.59 Å². The van der Waals surface area contributed by atoms with Crippen LogP contribution in [0.5, 0.6) is 0 Å². The highest BCUT2D eigenvalue weighted by atomic mass is 35.5. The Balaban J connectivity index is 0.00000225. The number of hydrogen-bond donors (Lipinski definition) is 2. The fraction of sp³-hybridized carbons (Fsp3) is 0.444. The first-order valence-corrected chi connectivity index (χ1v) is 4.27. The first-order valence-electron chi connectivity index (χ1n) is 4.27. The van der Waals surface area contributed by atoms with Crippen LogP contribution in [0, 0.1) is 5.92 Å². The average molecular weight is 247 g/mol. The summed E-state index contributed by atoms with van der Waals surface area (Å²) in [5.74, 6) is -3.26. The van der Waals surface area contributed by atoms with Gasteiger partial charge in [-0.15, -0.1) is 12.4 Å². The quantitative estimate of drug-likeness (QED) is 0.530. The largest absolute Gasteiger partial charge is 0.481 e. The second kappa shape index (κ2) is 5.03. The monoisotopic (exact) mass is 246 g/mol. The zero-order valence-electron chi connectivity index (χ0n) is 8.45. The van der Waals surface area contributed by atoms with E-state index in [-0.39, 0.29) is 24.5 Å². The number of carbonyl (C=O) groups is 2. The molecule has 1 aliphatic carbocycles. The summed E-state index contributed by atoms with van der Waals surface area (Å²) in [7, 11) is 0. The molecule has 2 atom stereocenters. The second-order valence-corrected chi connectivity index (χ2v) is 3.42. The lowest BCUT2D eigenvalue weighted by Crippen LogP contribution is -2.50. The van der Waals surface area contributed by atoms with E-state index in [1.807, 2.05) is 0 Å². The van der Waals surface area contributed by atoms with Crippen LogP contribution in [-0.2, 0) is 9.59 Å². The molecule has 88 valence electrons. The molecule has 0 spiro atoms. The maximum absolute atomic E-state index is 11.2. The number of aliphatic carboxylic acids is 1. The van der Waals surface area contributed by atoms with E-state index in [0.717, 1.165) is 13.0 Å². The zero-order valence-corrected chi connectivity index (χ0v) is 9.27. The van der Waals surface area contributed by atoms with Crippen LogP contribution >= 0.6 is 12.4 Å². The molecule has 1 rings (SSSR count). The molecule has 0 aromatic carbocycles.